The van der Waals surface area contributed by atoms with E-state index in [4.69, 9.17) is 16.7 Å². The first-order valence-corrected chi connectivity index (χ1v) is 6.98. The average molecular weight is 268 g/mol. The van der Waals surface area contributed by atoms with Gasteiger partial charge in [-0.25, -0.2) is 4.98 Å². The van der Waals surface area contributed by atoms with Gasteiger partial charge in [-0.2, -0.15) is 11.8 Å². The summed E-state index contributed by atoms with van der Waals surface area (Å²) >= 11 is 7.81. The molecule has 2 rings (SSSR count). The molecular weight excluding hydrogens is 254 g/mol. The number of hydrogen-bond acceptors (Lipinski definition) is 3. The number of pyridine rings is 1. The lowest BCUT2D eigenvalue weighted by Crippen LogP contribution is -1.92. The Bertz CT molecular complexity index is 530. The lowest BCUT2D eigenvalue weighted by molar-refractivity contribution is 0.322. The van der Waals surface area contributed by atoms with Crippen LogP contribution in [0.4, 0.5) is 0 Å². The van der Waals surface area contributed by atoms with Crippen molar-refractivity contribution in [3.8, 4) is 0 Å². The van der Waals surface area contributed by atoms with Crippen molar-refractivity contribution in [2.45, 2.75) is 12.7 Å². The number of aliphatic hydroxyl groups excluding tert-OH is 1. The molecule has 4 heteroatoms. The van der Waals surface area contributed by atoms with Crippen molar-refractivity contribution in [1.29, 1.82) is 0 Å². The highest BCUT2D eigenvalue weighted by Gasteiger charge is 2.05. The summed E-state index contributed by atoms with van der Waals surface area (Å²) in [6.45, 7) is 2.24. The van der Waals surface area contributed by atoms with Crippen LogP contribution >= 0.6 is 23.4 Å². The minimum absolute atomic E-state index is 0.197. The summed E-state index contributed by atoms with van der Waals surface area (Å²) in [4.78, 5) is 4.40. The van der Waals surface area contributed by atoms with E-state index in [1.54, 1.807) is 11.8 Å². The van der Waals surface area contributed by atoms with E-state index in [1.165, 1.54) is 5.56 Å². The molecule has 0 unspecified atom stereocenters. The van der Waals surface area contributed by atoms with Gasteiger partial charge >= 0.3 is 0 Å². The van der Waals surface area contributed by atoms with Crippen LogP contribution in [0, 0.1) is 6.92 Å². The van der Waals surface area contributed by atoms with E-state index in [9.17, 15) is 0 Å². The number of hydrogen-bond donors (Lipinski definition) is 1. The van der Waals surface area contributed by atoms with Crippen molar-refractivity contribution >= 4 is 34.3 Å². The molecule has 1 heterocycles. The van der Waals surface area contributed by atoms with E-state index in [1.807, 2.05) is 13.0 Å². The second-order valence-corrected chi connectivity index (χ2v) is 5.37. The Hall–Kier alpha value is -0.770. The summed E-state index contributed by atoms with van der Waals surface area (Å²) in [5.74, 6) is 1.51. The number of rotatable bonds is 4. The number of thioether (sulfide) groups is 1. The molecule has 0 spiro atoms. The SMILES string of the molecule is Cc1ccc2cc(CSCCO)c(Cl)nc2c1. The summed E-state index contributed by atoms with van der Waals surface area (Å²) in [5.41, 5.74) is 3.15. The molecular formula is C13H14ClNOS. The number of aromatic nitrogens is 1. The molecule has 1 aromatic heterocycles. The quantitative estimate of drug-likeness (QED) is 0.681. The lowest BCUT2D eigenvalue weighted by atomic mass is 10.1. The fraction of sp³-hybridized carbons (Fsp3) is 0.308. The predicted molar refractivity (Wildman–Crippen MR) is 74.7 cm³/mol. The van der Waals surface area contributed by atoms with E-state index in [-0.39, 0.29) is 6.61 Å². The molecule has 0 saturated carbocycles. The van der Waals surface area contributed by atoms with Gasteiger partial charge in [0.25, 0.3) is 0 Å². The van der Waals surface area contributed by atoms with Crippen LogP contribution in [0.3, 0.4) is 0 Å². The maximum Gasteiger partial charge on any atom is 0.133 e. The van der Waals surface area contributed by atoms with E-state index < -0.39 is 0 Å². The summed E-state index contributed by atoms with van der Waals surface area (Å²) in [5, 5.41) is 10.4. The van der Waals surface area contributed by atoms with Crippen molar-refractivity contribution in [3.63, 3.8) is 0 Å². The van der Waals surface area contributed by atoms with Crippen LogP contribution in [0.1, 0.15) is 11.1 Å². The first kappa shape index (κ1) is 12.7. The first-order chi connectivity index (χ1) is 8.20. The predicted octanol–water partition coefficient (Wildman–Crippen LogP) is 3.42. The van der Waals surface area contributed by atoms with Crippen molar-refractivity contribution in [2.24, 2.45) is 0 Å². The Kier molecular flexibility index (Phi) is 4.26. The van der Waals surface area contributed by atoms with Crippen LogP contribution in [0.15, 0.2) is 24.3 Å². The zero-order valence-electron chi connectivity index (χ0n) is 9.61. The summed E-state index contributed by atoms with van der Waals surface area (Å²) in [6.07, 6.45) is 0. The highest BCUT2D eigenvalue weighted by atomic mass is 35.5. The number of benzene rings is 1. The molecule has 2 aromatic rings. The molecule has 0 bridgehead atoms. The van der Waals surface area contributed by atoms with Crippen molar-refractivity contribution in [1.82, 2.24) is 4.98 Å². The third-order valence-electron chi connectivity index (χ3n) is 2.49. The van der Waals surface area contributed by atoms with E-state index >= 15 is 0 Å². The highest BCUT2D eigenvalue weighted by Crippen LogP contribution is 2.24. The van der Waals surface area contributed by atoms with Crippen molar-refractivity contribution < 1.29 is 5.11 Å². The Balaban J connectivity index is 2.31. The van der Waals surface area contributed by atoms with Crippen molar-refractivity contribution in [2.75, 3.05) is 12.4 Å². The normalized spacial score (nSPS) is 11.0. The van der Waals surface area contributed by atoms with E-state index in [0.717, 1.165) is 28.0 Å². The first-order valence-electron chi connectivity index (χ1n) is 5.45. The molecule has 2 nitrogen and oxygen atoms in total. The minimum Gasteiger partial charge on any atom is -0.396 e. The van der Waals surface area contributed by atoms with Gasteiger partial charge in [0.15, 0.2) is 0 Å². The fourth-order valence-electron chi connectivity index (χ4n) is 1.65. The summed E-state index contributed by atoms with van der Waals surface area (Å²) in [7, 11) is 0. The van der Waals surface area contributed by atoms with Crippen LogP contribution in [-0.4, -0.2) is 22.5 Å². The van der Waals surface area contributed by atoms with Gasteiger partial charge in [0.2, 0.25) is 0 Å². The largest absolute Gasteiger partial charge is 0.396 e. The molecule has 90 valence electrons. The van der Waals surface area contributed by atoms with Crippen LogP contribution in [0.5, 0.6) is 0 Å². The highest BCUT2D eigenvalue weighted by molar-refractivity contribution is 7.98. The molecule has 0 aliphatic heterocycles. The number of aliphatic hydroxyl groups is 1. The zero-order chi connectivity index (χ0) is 12.3. The number of aryl methyl sites for hydroxylation is 1. The molecule has 0 amide bonds. The molecule has 0 aliphatic rings. The van der Waals surface area contributed by atoms with E-state index in [2.05, 4.69) is 23.2 Å². The molecule has 1 N–H and O–H groups in total. The minimum atomic E-state index is 0.197. The van der Waals surface area contributed by atoms with Crippen LogP contribution < -0.4 is 0 Å². The Morgan fingerprint density at radius 1 is 1.35 bits per heavy atom. The number of halogens is 1. The van der Waals surface area contributed by atoms with Crippen LogP contribution in [-0.2, 0) is 5.75 Å². The van der Waals surface area contributed by atoms with Gasteiger partial charge in [-0.3, -0.25) is 0 Å². The molecule has 1 aromatic carbocycles. The Morgan fingerprint density at radius 3 is 2.94 bits per heavy atom. The summed E-state index contributed by atoms with van der Waals surface area (Å²) < 4.78 is 0. The van der Waals surface area contributed by atoms with Crippen LogP contribution in [0.25, 0.3) is 10.9 Å². The third-order valence-corrected chi connectivity index (χ3v) is 3.81. The average Bonchev–Trinajstić information content (AvgIpc) is 2.30. The monoisotopic (exact) mass is 267 g/mol. The molecule has 17 heavy (non-hydrogen) atoms. The molecule has 0 fully saturated rings. The fourth-order valence-corrected chi connectivity index (χ4v) is 2.65. The van der Waals surface area contributed by atoms with Gasteiger partial charge in [-0.15, -0.1) is 0 Å². The molecule has 0 aliphatic carbocycles. The maximum atomic E-state index is 8.75. The maximum absolute atomic E-state index is 8.75. The summed E-state index contributed by atoms with van der Waals surface area (Å²) in [6, 6.07) is 8.25. The van der Waals surface area contributed by atoms with Gasteiger partial charge in [0.05, 0.1) is 12.1 Å². The topological polar surface area (TPSA) is 33.1 Å². The van der Waals surface area contributed by atoms with Crippen molar-refractivity contribution in [3.05, 3.63) is 40.5 Å². The number of nitrogens with zero attached hydrogens (tertiary/aromatic N) is 1. The Morgan fingerprint density at radius 2 is 2.18 bits per heavy atom. The number of fused-ring (bicyclic) bond motifs is 1. The van der Waals surface area contributed by atoms with E-state index in [0.29, 0.717) is 5.15 Å². The van der Waals surface area contributed by atoms with Crippen LogP contribution in [0.2, 0.25) is 5.15 Å². The molecule has 0 radical (unpaired) electrons. The van der Waals surface area contributed by atoms with Gasteiger partial charge in [0.1, 0.15) is 5.15 Å². The molecule has 0 atom stereocenters. The van der Waals surface area contributed by atoms with Gasteiger partial charge in [0, 0.05) is 22.5 Å². The van der Waals surface area contributed by atoms with Gasteiger partial charge < -0.3 is 5.11 Å². The van der Waals surface area contributed by atoms with Gasteiger partial charge in [-0.05, 0) is 24.6 Å². The standard InChI is InChI=1S/C13H14ClNOS/c1-9-2-3-10-7-11(8-17-5-4-16)13(14)15-12(10)6-9/h2-3,6-7,16H,4-5,8H2,1H3. The smallest absolute Gasteiger partial charge is 0.133 e. The zero-order valence-corrected chi connectivity index (χ0v) is 11.2. The molecule has 0 saturated heterocycles. The Labute approximate surface area is 110 Å². The second kappa shape index (κ2) is 5.71. The lowest BCUT2D eigenvalue weighted by Gasteiger charge is -2.06. The third kappa shape index (κ3) is 3.12. The van der Waals surface area contributed by atoms with Gasteiger partial charge in [-0.1, -0.05) is 23.7 Å². The second-order valence-electron chi connectivity index (χ2n) is 3.91.